The molecule has 1 heterocycles. The molecule has 2 aromatic rings. The molecule has 1 aliphatic heterocycles. The van der Waals surface area contributed by atoms with E-state index < -0.39 is 11.7 Å². The monoisotopic (exact) mass is 452 g/mol. The van der Waals surface area contributed by atoms with E-state index in [0.29, 0.717) is 43.7 Å². The van der Waals surface area contributed by atoms with Crippen molar-refractivity contribution in [3.63, 3.8) is 0 Å². The van der Waals surface area contributed by atoms with E-state index in [9.17, 15) is 14.4 Å². The topological polar surface area (TPSA) is 84.9 Å². The molecule has 0 aliphatic carbocycles. The number of benzene rings is 2. The molecule has 7 heteroatoms. The highest BCUT2D eigenvalue weighted by molar-refractivity contribution is 5.89. The minimum Gasteiger partial charge on any atom is -0.462 e. The van der Waals surface area contributed by atoms with E-state index in [1.165, 1.54) is 0 Å². The van der Waals surface area contributed by atoms with Crippen LogP contribution in [0.5, 0.6) is 0 Å². The Morgan fingerprint density at radius 3 is 2.61 bits per heavy atom. The average molecular weight is 453 g/mol. The third-order valence-electron chi connectivity index (χ3n) is 5.27. The normalized spacial score (nSPS) is 12.8. The van der Waals surface area contributed by atoms with Crippen LogP contribution in [0.15, 0.2) is 42.5 Å². The van der Waals surface area contributed by atoms with Gasteiger partial charge in [-0.2, -0.15) is 0 Å². The Hall–Kier alpha value is -3.35. The summed E-state index contributed by atoms with van der Waals surface area (Å²) in [7, 11) is 0. The lowest BCUT2D eigenvalue weighted by atomic mass is 10.0. The van der Waals surface area contributed by atoms with Crippen molar-refractivity contribution in [3.05, 3.63) is 64.7 Å². The number of hydrogen-bond donors (Lipinski definition) is 1. The third-order valence-corrected chi connectivity index (χ3v) is 5.27. The van der Waals surface area contributed by atoms with E-state index in [0.717, 1.165) is 36.1 Å². The Morgan fingerprint density at radius 2 is 1.91 bits per heavy atom. The van der Waals surface area contributed by atoms with Crippen molar-refractivity contribution >= 4 is 24.0 Å². The van der Waals surface area contributed by atoms with Crippen molar-refractivity contribution < 1.29 is 23.9 Å². The van der Waals surface area contributed by atoms with Crippen molar-refractivity contribution in [1.29, 1.82) is 0 Å². The number of rotatable bonds is 9. The summed E-state index contributed by atoms with van der Waals surface area (Å²) in [6, 6.07) is 12.9. The number of ether oxygens (including phenoxy) is 2. The molecule has 0 radical (unpaired) electrons. The van der Waals surface area contributed by atoms with Gasteiger partial charge >= 0.3 is 12.1 Å². The molecular weight excluding hydrogens is 420 g/mol. The van der Waals surface area contributed by atoms with Crippen LogP contribution < -0.4 is 10.2 Å². The van der Waals surface area contributed by atoms with Gasteiger partial charge in [-0.05, 0) is 69.4 Å². The predicted molar refractivity (Wildman–Crippen MR) is 127 cm³/mol. The fourth-order valence-electron chi connectivity index (χ4n) is 3.89. The Morgan fingerprint density at radius 1 is 1.15 bits per heavy atom. The Balaban J connectivity index is 1.51. The molecule has 0 atom stereocenters. The first-order valence-corrected chi connectivity index (χ1v) is 11.3. The number of fused-ring (bicyclic) bond motifs is 1. The van der Waals surface area contributed by atoms with Gasteiger partial charge in [0.15, 0.2) is 6.29 Å². The second kappa shape index (κ2) is 11.0. The molecule has 2 aromatic carbocycles. The van der Waals surface area contributed by atoms with Crippen LogP contribution in [0.3, 0.4) is 0 Å². The summed E-state index contributed by atoms with van der Waals surface area (Å²) in [6.07, 6.45) is 2.59. The first-order chi connectivity index (χ1) is 15.8. The van der Waals surface area contributed by atoms with E-state index in [4.69, 9.17) is 9.47 Å². The summed E-state index contributed by atoms with van der Waals surface area (Å²) >= 11 is 0. The van der Waals surface area contributed by atoms with Crippen LogP contribution in [0.2, 0.25) is 0 Å². The predicted octanol–water partition coefficient (Wildman–Crippen LogP) is 4.18. The fourth-order valence-corrected chi connectivity index (χ4v) is 3.89. The number of hydrogen-bond acceptors (Lipinski definition) is 6. The molecule has 1 aliphatic rings. The molecule has 0 saturated carbocycles. The first-order valence-electron chi connectivity index (χ1n) is 11.3. The molecule has 0 saturated heterocycles. The number of carbonyl (C=O) groups excluding carboxylic acids is 3. The minimum atomic E-state index is -0.536. The number of anilines is 1. The van der Waals surface area contributed by atoms with Gasteiger partial charge in [0, 0.05) is 25.2 Å². The Labute approximate surface area is 195 Å². The molecular formula is C26H32N2O5. The second-order valence-corrected chi connectivity index (χ2v) is 9.08. The third kappa shape index (κ3) is 7.07. The van der Waals surface area contributed by atoms with E-state index in [1.807, 2.05) is 32.9 Å². The van der Waals surface area contributed by atoms with Crippen molar-refractivity contribution in [3.8, 4) is 0 Å². The van der Waals surface area contributed by atoms with E-state index >= 15 is 0 Å². The van der Waals surface area contributed by atoms with Gasteiger partial charge in [-0.3, -0.25) is 4.79 Å². The zero-order valence-corrected chi connectivity index (χ0v) is 19.6. The lowest BCUT2D eigenvalue weighted by molar-refractivity contribution is 0.0498. The SMILES string of the molecule is CC(C)(C)OC(=O)NCCc1cc(C=O)c2c(c1)CCN2CCCOC(=O)c1ccccc1. The largest absolute Gasteiger partial charge is 0.462 e. The molecule has 1 amide bonds. The maximum atomic E-state index is 12.1. The van der Waals surface area contributed by atoms with E-state index in [2.05, 4.69) is 16.3 Å². The van der Waals surface area contributed by atoms with Crippen molar-refractivity contribution in [2.45, 2.75) is 45.6 Å². The highest BCUT2D eigenvalue weighted by Gasteiger charge is 2.23. The van der Waals surface area contributed by atoms with Crippen LogP contribution >= 0.6 is 0 Å². The number of alkyl carbamates (subject to hydrolysis) is 1. The molecule has 0 aromatic heterocycles. The molecule has 1 N–H and O–H groups in total. The molecule has 7 nitrogen and oxygen atoms in total. The number of amides is 1. The summed E-state index contributed by atoms with van der Waals surface area (Å²) in [5.41, 5.74) is 3.76. The van der Waals surface area contributed by atoms with Gasteiger partial charge in [-0.1, -0.05) is 24.3 Å². The maximum Gasteiger partial charge on any atom is 0.407 e. The summed E-state index contributed by atoms with van der Waals surface area (Å²) in [5, 5.41) is 2.76. The molecule has 33 heavy (non-hydrogen) atoms. The Bertz CT molecular complexity index is 982. The van der Waals surface area contributed by atoms with Crippen molar-refractivity contribution in [1.82, 2.24) is 5.32 Å². The van der Waals surface area contributed by atoms with Gasteiger partial charge in [-0.25, -0.2) is 9.59 Å². The van der Waals surface area contributed by atoms with Crippen LogP contribution in [-0.2, 0) is 22.3 Å². The van der Waals surface area contributed by atoms with Crippen LogP contribution in [0.25, 0.3) is 0 Å². The number of carbonyl (C=O) groups is 3. The number of esters is 1. The molecule has 176 valence electrons. The second-order valence-electron chi connectivity index (χ2n) is 9.08. The fraction of sp³-hybridized carbons (Fsp3) is 0.423. The zero-order chi connectivity index (χ0) is 23.8. The lowest BCUT2D eigenvalue weighted by Gasteiger charge is -2.21. The maximum absolute atomic E-state index is 12.1. The van der Waals surface area contributed by atoms with E-state index in [1.54, 1.807) is 24.3 Å². The van der Waals surface area contributed by atoms with Crippen molar-refractivity contribution in [2.24, 2.45) is 0 Å². The highest BCUT2D eigenvalue weighted by Crippen LogP contribution is 2.32. The van der Waals surface area contributed by atoms with Gasteiger partial charge in [0.05, 0.1) is 17.9 Å². The van der Waals surface area contributed by atoms with Gasteiger partial charge in [0.1, 0.15) is 5.60 Å². The van der Waals surface area contributed by atoms with Crippen LogP contribution in [0, 0.1) is 0 Å². The van der Waals surface area contributed by atoms with Crippen molar-refractivity contribution in [2.75, 3.05) is 31.1 Å². The summed E-state index contributed by atoms with van der Waals surface area (Å²) in [4.78, 5) is 37.9. The minimum absolute atomic E-state index is 0.323. The summed E-state index contributed by atoms with van der Waals surface area (Å²) in [5.74, 6) is -0.323. The molecule has 0 fully saturated rings. The standard InChI is InChI=1S/C26H32N2O5/c1-26(2,3)33-25(31)27-12-10-19-16-21-11-14-28(23(21)22(17-19)18-29)13-7-15-32-24(30)20-8-5-4-6-9-20/h4-6,8-9,16-18H,7,10-15H2,1-3H3,(H,27,31). The summed E-state index contributed by atoms with van der Waals surface area (Å²) in [6.45, 7) is 7.75. The summed E-state index contributed by atoms with van der Waals surface area (Å²) < 4.78 is 10.6. The number of aldehydes is 1. The van der Waals surface area contributed by atoms with Gasteiger partial charge < -0.3 is 19.7 Å². The number of nitrogens with zero attached hydrogens (tertiary/aromatic N) is 1. The van der Waals surface area contributed by atoms with Gasteiger partial charge in [0.2, 0.25) is 0 Å². The smallest absolute Gasteiger partial charge is 0.407 e. The highest BCUT2D eigenvalue weighted by atomic mass is 16.6. The zero-order valence-electron chi connectivity index (χ0n) is 19.6. The average Bonchev–Trinajstić information content (AvgIpc) is 3.18. The van der Waals surface area contributed by atoms with E-state index in [-0.39, 0.29) is 5.97 Å². The molecule has 0 unspecified atom stereocenters. The van der Waals surface area contributed by atoms with Crippen LogP contribution in [0.1, 0.15) is 59.0 Å². The Kier molecular flexibility index (Phi) is 8.09. The lowest BCUT2D eigenvalue weighted by Crippen LogP contribution is -2.33. The molecule has 0 spiro atoms. The van der Waals surface area contributed by atoms with Crippen LogP contribution in [-0.4, -0.2) is 50.2 Å². The number of nitrogens with one attached hydrogen (secondary N) is 1. The molecule has 0 bridgehead atoms. The van der Waals surface area contributed by atoms with Gasteiger partial charge in [-0.15, -0.1) is 0 Å². The van der Waals surface area contributed by atoms with Gasteiger partial charge in [0.25, 0.3) is 0 Å². The first kappa shape index (κ1) is 24.3. The molecule has 3 rings (SSSR count). The quantitative estimate of drug-likeness (QED) is 0.349. The van der Waals surface area contributed by atoms with Crippen LogP contribution in [0.4, 0.5) is 10.5 Å².